The van der Waals surface area contributed by atoms with Crippen LogP contribution in [0.5, 0.6) is 5.75 Å². The summed E-state index contributed by atoms with van der Waals surface area (Å²) in [7, 11) is 0. The molecule has 1 aliphatic heterocycles. The molecule has 2 saturated carbocycles. The second-order valence-corrected chi connectivity index (χ2v) is 8.46. The first-order chi connectivity index (χ1) is 11.1. The fraction of sp³-hybridized carbons (Fsp3) is 0.700. The molecule has 1 aromatic rings. The summed E-state index contributed by atoms with van der Waals surface area (Å²) in [5.41, 5.74) is 1.89. The summed E-state index contributed by atoms with van der Waals surface area (Å²) >= 11 is 0. The highest BCUT2D eigenvalue weighted by molar-refractivity contribution is 5.48. The lowest BCUT2D eigenvalue weighted by Crippen LogP contribution is -2.72. The Morgan fingerprint density at radius 3 is 2.78 bits per heavy atom. The highest BCUT2D eigenvalue weighted by Gasteiger charge is 2.63. The van der Waals surface area contributed by atoms with Gasteiger partial charge in [0.25, 0.3) is 0 Å². The number of phenolic OH excluding ortho intramolecular Hbond substituents is 1. The van der Waals surface area contributed by atoms with Gasteiger partial charge in [0.15, 0.2) is 0 Å². The van der Waals surface area contributed by atoms with Crippen molar-refractivity contribution in [1.29, 1.82) is 0 Å². The minimum Gasteiger partial charge on any atom is -0.508 e. The summed E-state index contributed by atoms with van der Waals surface area (Å²) in [4.78, 5) is 2.61. The SMILES string of the molecule is Oc1ccc2c(c1)[C@@]13CCCCC1(O)C(C2)N(CC1CC1)CC3. The quantitative estimate of drug-likeness (QED) is 0.882. The Bertz CT molecular complexity index is 641. The number of hydrogen-bond acceptors (Lipinski definition) is 3. The molecule has 3 atom stereocenters. The van der Waals surface area contributed by atoms with E-state index in [9.17, 15) is 10.2 Å². The monoisotopic (exact) mass is 313 g/mol. The van der Waals surface area contributed by atoms with E-state index in [2.05, 4.69) is 11.0 Å². The lowest BCUT2D eigenvalue weighted by atomic mass is 9.49. The van der Waals surface area contributed by atoms with E-state index in [0.29, 0.717) is 5.75 Å². The maximum atomic E-state index is 11.9. The maximum Gasteiger partial charge on any atom is 0.115 e. The first-order valence-electron chi connectivity index (χ1n) is 9.41. The third-order valence-electron chi connectivity index (χ3n) is 7.27. The van der Waals surface area contributed by atoms with E-state index >= 15 is 0 Å². The zero-order chi connectivity index (χ0) is 15.7. The molecule has 1 heterocycles. The van der Waals surface area contributed by atoms with Crippen molar-refractivity contribution in [3.8, 4) is 5.75 Å². The van der Waals surface area contributed by atoms with Crippen LogP contribution in [-0.4, -0.2) is 39.8 Å². The average molecular weight is 313 g/mol. The summed E-state index contributed by atoms with van der Waals surface area (Å²) in [5, 5.41) is 21.9. The van der Waals surface area contributed by atoms with Crippen molar-refractivity contribution < 1.29 is 10.2 Å². The van der Waals surface area contributed by atoms with Gasteiger partial charge in [0, 0.05) is 18.0 Å². The van der Waals surface area contributed by atoms with Crippen LogP contribution in [0.25, 0.3) is 0 Å². The summed E-state index contributed by atoms with van der Waals surface area (Å²) in [6, 6.07) is 6.16. The van der Waals surface area contributed by atoms with Crippen LogP contribution >= 0.6 is 0 Å². The van der Waals surface area contributed by atoms with Gasteiger partial charge in [-0.05, 0) is 74.2 Å². The molecular weight excluding hydrogens is 286 g/mol. The van der Waals surface area contributed by atoms with E-state index in [-0.39, 0.29) is 11.5 Å². The molecule has 124 valence electrons. The lowest BCUT2D eigenvalue weighted by Gasteiger charge is -2.64. The van der Waals surface area contributed by atoms with Crippen LogP contribution in [-0.2, 0) is 11.8 Å². The summed E-state index contributed by atoms with van der Waals surface area (Å²) < 4.78 is 0. The van der Waals surface area contributed by atoms with Gasteiger partial charge in [-0.1, -0.05) is 18.9 Å². The van der Waals surface area contributed by atoms with Gasteiger partial charge >= 0.3 is 0 Å². The molecule has 0 amide bonds. The highest BCUT2D eigenvalue weighted by Crippen LogP contribution is 2.58. The molecule has 1 aromatic carbocycles. The molecular formula is C20H27NO2. The Labute approximate surface area is 138 Å². The Morgan fingerprint density at radius 2 is 1.96 bits per heavy atom. The largest absolute Gasteiger partial charge is 0.508 e. The fourth-order valence-electron chi connectivity index (χ4n) is 5.94. The van der Waals surface area contributed by atoms with Gasteiger partial charge in [0.05, 0.1) is 5.60 Å². The molecule has 1 saturated heterocycles. The predicted molar refractivity (Wildman–Crippen MR) is 89.6 cm³/mol. The van der Waals surface area contributed by atoms with Crippen molar-refractivity contribution in [2.75, 3.05) is 13.1 Å². The maximum absolute atomic E-state index is 11.9. The molecule has 4 aliphatic rings. The van der Waals surface area contributed by atoms with Gasteiger partial charge < -0.3 is 10.2 Å². The van der Waals surface area contributed by atoms with Crippen molar-refractivity contribution in [3.05, 3.63) is 29.3 Å². The lowest BCUT2D eigenvalue weighted by molar-refractivity contribution is -0.166. The zero-order valence-electron chi connectivity index (χ0n) is 13.8. The Balaban J connectivity index is 1.64. The number of phenols is 1. The molecule has 23 heavy (non-hydrogen) atoms. The second-order valence-electron chi connectivity index (χ2n) is 8.46. The van der Waals surface area contributed by atoms with Crippen molar-refractivity contribution in [1.82, 2.24) is 4.90 Å². The molecule has 3 aliphatic carbocycles. The fourth-order valence-corrected chi connectivity index (χ4v) is 5.94. The third kappa shape index (κ3) is 1.90. The number of aromatic hydroxyl groups is 1. The molecule has 3 heteroatoms. The molecule has 3 fully saturated rings. The van der Waals surface area contributed by atoms with Crippen molar-refractivity contribution in [3.63, 3.8) is 0 Å². The van der Waals surface area contributed by atoms with E-state index in [1.807, 2.05) is 12.1 Å². The van der Waals surface area contributed by atoms with Crippen LogP contribution in [0.3, 0.4) is 0 Å². The Hall–Kier alpha value is -1.06. The normalized spacial score (nSPS) is 39.6. The molecule has 2 unspecified atom stereocenters. The van der Waals surface area contributed by atoms with Crippen LogP contribution in [0, 0.1) is 5.92 Å². The minimum atomic E-state index is -0.598. The molecule has 0 aromatic heterocycles. The molecule has 2 N–H and O–H groups in total. The van der Waals surface area contributed by atoms with Crippen molar-refractivity contribution in [2.24, 2.45) is 5.92 Å². The van der Waals surface area contributed by atoms with E-state index in [1.54, 1.807) is 0 Å². The van der Waals surface area contributed by atoms with Gasteiger partial charge in [-0.25, -0.2) is 0 Å². The number of nitrogens with zero attached hydrogens (tertiary/aromatic N) is 1. The summed E-state index contributed by atoms with van der Waals surface area (Å²) in [5.74, 6) is 1.22. The highest BCUT2D eigenvalue weighted by atomic mass is 16.3. The molecule has 3 nitrogen and oxygen atoms in total. The number of aliphatic hydroxyl groups is 1. The van der Waals surface area contributed by atoms with E-state index in [0.717, 1.165) is 44.6 Å². The third-order valence-corrected chi connectivity index (χ3v) is 7.27. The van der Waals surface area contributed by atoms with Crippen LogP contribution in [0.4, 0.5) is 0 Å². The van der Waals surface area contributed by atoms with E-state index in [1.165, 1.54) is 36.9 Å². The van der Waals surface area contributed by atoms with E-state index < -0.39 is 5.60 Å². The summed E-state index contributed by atoms with van der Waals surface area (Å²) in [6.07, 6.45) is 9.08. The molecule has 0 radical (unpaired) electrons. The number of hydrogen-bond donors (Lipinski definition) is 2. The van der Waals surface area contributed by atoms with Gasteiger partial charge in [0.1, 0.15) is 5.75 Å². The van der Waals surface area contributed by atoms with Gasteiger partial charge in [0.2, 0.25) is 0 Å². The second kappa shape index (κ2) is 4.73. The Morgan fingerprint density at radius 1 is 1.13 bits per heavy atom. The zero-order valence-corrected chi connectivity index (χ0v) is 13.8. The standard InChI is InChI=1S/C20H27NO2/c22-16-6-5-15-11-18-20(23)8-2-1-7-19(20,17(15)12-16)9-10-21(18)13-14-3-4-14/h5-6,12,14,18,22-23H,1-4,7-11,13H2/t18?,19-,20?/m0/s1. The topological polar surface area (TPSA) is 43.7 Å². The van der Waals surface area contributed by atoms with Crippen molar-refractivity contribution >= 4 is 0 Å². The Kier molecular flexibility index (Phi) is 2.94. The number of piperidine rings is 1. The number of rotatable bonds is 2. The average Bonchev–Trinajstić information content (AvgIpc) is 3.34. The number of benzene rings is 1. The first kappa shape index (κ1) is 14.3. The van der Waals surface area contributed by atoms with Crippen LogP contribution in [0.1, 0.15) is 56.1 Å². The molecule has 5 rings (SSSR count). The molecule has 0 spiro atoms. The predicted octanol–water partition coefficient (Wildman–Crippen LogP) is 2.98. The minimum absolute atomic E-state index is 0.123. The first-order valence-corrected chi connectivity index (χ1v) is 9.41. The van der Waals surface area contributed by atoms with Gasteiger partial charge in [-0.2, -0.15) is 0 Å². The van der Waals surface area contributed by atoms with Crippen LogP contribution < -0.4 is 0 Å². The summed E-state index contributed by atoms with van der Waals surface area (Å²) in [6.45, 7) is 2.29. The van der Waals surface area contributed by atoms with Crippen LogP contribution in [0.2, 0.25) is 0 Å². The number of fused-ring (bicyclic) bond motifs is 1. The van der Waals surface area contributed by atoms with E-state index in [4.69, 9.17) is 0 Å². The van der Waals surface area contributed by atoms with Crippen LogP contribution in [0.15, 0.2) is 18.2 Å². The van der Waals surface area contributed by atoms with Crippen molar-refractivity contribution in [2.45, 2.75) is 68.4 Å². The molecule has 2 bridgehead atoms. The smallest absolute Gasteiger partial charge is 0.115 e. The van der Waals surface area contributed by atoms with Gasteiger partial charge in [-0.3, -0.25) is 4.90 Å². The van der Waals surface area contributed by atoms with Gasteiger partial charge in [-0.15, -0.1) is 0 Å². The number of likely N-dealkylation sites (tertiary alicyclic amines) is 1.